The summed E-state index contributed by atoms with van der Waals surface area (Å²) in [5.74, 6) is 0.0637. The number of para-hydroxylation sites is 1. The molecule has 2 N–H and O–H groups in total. The third-order valence-corrected chi connectivity index (χ3v) is 4.96. The molecule has 0 bridgehead atoms. The third kappa shape index (κ3) is 2.56. The SMILES string of the molecule is CCC1(CO)CCN(C(=O)c2cc3ccccc3[nH]2)CC1. The van der Waals surface area contributed by atoms with E-state index >= 15 is 0 Å². The Bertz CT molecular complexity index is 600. The van der Waals surface area contributed by atoms with Crippen molar-refractivity contribution in [3.05, 3.63) is 36.0 Å². The number of fused-ring (bicyclic) bond motifs is 1. The lowest BCUT2D eigenvalue weighted by molar-refractivity contribution is 0.0335. The summed E-state index contributed by atoms with van der Waals surface area (Å²) in [6.45, 7) is 3.79. The van der Waals surface area contributed by atoms with Gasteiger partial charge in [0.1, 0.15) is 5.69 Å². The molecular formula is C17H22N2O2. The monoisotopic (exact) mass is 286 g/mol. The second-order valence-electron chi connectivity index (χ2n) is 6.07. The van der Waals surface area contributed by atoms with Crippen LogP contribution in [0.2, 0.25) is 0 Å². The van der Waals surface area contributed by atoms with E-state index in [0.717, 1.165) is 43.3 Å². The van der Waals surface area contributed by atoms with Crippen molar-refractivity contribution in [3.8, 4) is 0 Å². The Labute approximate surface area is 124 Å². The number of nitrogens with zero attached hydrogens (tertiary/aromatic N) is 1. The Morgan fingerprint density at radius 3 is 2.67 bits per heavy atom. The number of hydrogen-bond acceptors (Lipinski definition) is 2. The molecule has 1 aromatic carbocycles. The van der Waals surface area contributed by atoms with Gasteiger partial charge in [-0.25, -0.2) is 0 Å². The van der Waals surface area contributed by atoms with E-state index in [4.69, 9.17) is 0 Å². The lowest BCUT2D eigenvalue weighted by atomic mass is 9.77. The van der Waals surface area contributed by atoms with Gasteiger partial charge >= 0.3 is 0 Å². The molecular weight excluding hydrogens is 264 g/mol. The van der Waals surface area contributed by atoms with Gasteiger partial charge in [-0.1, -0.05) is 25.1 Å². The van der Waals surface area contributed by atoms with Gasteiger partial charge in [0.2, 0.25) is 0 Å². The highest BCUT2D eigenvalue weighted by atomic mass is 16.3. The summed E-state index contributed by atoms with van der Waals surface area (Å²) in [6, 6.07) is 9.85. The van der Waals surface area contributed by atoms with E-state index in [-0.39, 0.29) is 17.9 Å². The highest BCUT2D eigenvalue weighted by Gasteiger charge is 2.34. The van der Waals surface area contributed by atoms with E-state index in [9.17, 15) is 9.90 Å². The number of carbonyl (C=O) groups is 1. The summed E-state index contributed by atoms with van der Waals surface area (Å²) in [4.78, 5) is 17.7. The van der Waals surface area contributed by atoms with Crippen LogP contribution >= 0.6 is 0 Å². The summed E-state index contributed by atoms with van der Waals surface area (Å²) < 4.78 is 0. The average Bonchev–Trinajstić information content (AvgIpc) is 2.98. The molecule has 1 saturated heterocycles. The number of aliphatic hydroxyl groups excluding tert-OH is 1. The van der Waals surface area contributed by atoms with Crippen LogP contribution < -0.4 is 0 Å². The van der Waals surface area contributed by atoms with E-state index in [1.807, 2.05) is 35.2 Å². The van der Waals surface area contributed by atoms with Gasteiger partial charge in [-0.15, -0.1) is 0 Å². The number of nitrogens with one attached hydrogen (secondary N) is 1. The number of aromatic nitrogens is 1. The first kappa shape index (κ1) is 14.1. The van der Waals surface area contributed by atoms with Crippen LogP contribution in [0.5, 0.6) is 0 Å². The molecule has 1 fully saturated rings. The quantitative estimate of drug-likeness (QED) is 0.911. The molecule has 2 aromatic rings. The zero-order valence-electron chi connectivity index (χ0n) is 12.4. The van der Waals surface area contributed by atoms with Crippen molar-refractivity contribution in [1.82, 2.24) is 9.88 Å². The number of H-pyrrole nitrogens is 1. The fourth-order valence-electron chi connectivity index (χ4n) is 3.17. The van der Waals surface area contributed by atoms with E-state index in [1.54, 1.807) is 0 Å². The van der Waals surface area contributed by atoms with Crippen LogP contribution in [0, 0.1) is 5.41 Å². The Balaban J connectivity index is 1.74. The van der Waals surface area contributed by atoms with E-state index in [2.05, 4.69) is 11.9 Å². The Morgan fingerprint density at radius 2 is 2.05 bits per heavy atom. The number of benzene rings is 1. The molecule has 0 unspecified atom stereocenters. The minimum absolute atomic E-state index is 0.0111. The van der Waals surface area contributed by atoms with Crippen LogP contribution in [0.3, 0.4) is 0 Å². The van der Waals surface area contributed by atoms with E-state index in [1.165, 1.54) is 0 Å². The molecule has 0 radical (unpaired) electrons. The lowest BCUT2D eigenvalue weighted by Gasteiger charge is -2.40. The van der Waals surface area contributed by atoms with Crippen molar-refractivity contribution in [1.29, 1.82) is 0 Å². The van der Waals surface area contributed by atoms with Crippen LogP contribution in [0.4, 0.5) is 0 Å². The third-order valence-electron chi connectivity index (χ3n) is 4.96. The van der Waals surface area contributed by atoms with Crippen LogP contribution in [-0.4, -0.2) is 40.6 Å². The Kier molecular flexibility index (Phi) is 3.72. The van der Waals surface area contributed by atoms with Crippen molar-refractivity contribution in [2.45, 2.75) is 26.2 Å². The summed E-state index contributed by atoms with van der Waals surface area (Å²) >= 11 is 0. The maximum Gasteiger partial charge on any atom is 0.270 e. The highest BCUT2D eigenvalue weighted by molar-refractivity contribution is 5.98. The summed E-state index contributed by atoms with van der Waals surface area (Å²) in [5.41, 5.74) is 1.66. The number of aliphatic hydroxyl groups is 1. The minimum atomic E-state index is 0.0111. The fourth-order valence-corrected chi connectivity index (χ4v) is 3.17. The van der Waals surface area contributed by atoms with Gasteiger partial charge in [0.05, 0.1) is 0 Å². The zero-order chi connectivity index (χ0) is 14.9. The number of likely N-dealkylation sites (tertiary alicyclic amines) is 1. The summed E-state index contributed by atoms with van der Waals surface area (Å²) in [6.07, 6.45) is 2.73. The number of amides is 1. The molecule has 1 amide bonds. The molecule has 1 aliphatic rings. The molecule has 0 atom stereocenters. The van der Waals surface area contributed by atoms with Crippen LogP contribution in [0.25, 0.3) is 10.9 Å². The van der Waals surface area contributed by atoms with Crippen LogP contribution in [0.15, 0.2) is 30.3 Å². The van der Waals surface area contributed by atoms with Crippen molar-refractivity contribution < 1.29 is 9.90 Å². The smallest absolute Gasteiger partial charge is 0.270 e. The second-order valence-corrected chi connectivity index (χ2v) is 6.07. The maximum atomic E-state index is 12.6. The summed E-state index contributed by atoms with van der Waals surface area (Å²) in [5, 5.41) is 10.6. The largest absolute Gasteiger partial charge is 0.396 e. The highest BCUT2D eigenvalue weighted by Crippen LogP contribution is 2.34. The number of piperidine rings is 1. The normalized spacial score (nSPS) is 18.1. The predicted molar refractivity (Wildman–Crippen MR) is 83.2 cm³/mol. The molecule has 0 spiro atoms. The van der Waals surface area contributed by atoms with Crippen molar-refractivity contribution in [2.24, 2.45) is 5.41 Å². The second kappa shape index (κ2) is 5.53. The molecule has 1 aliphatic heterocycles. The van der Waals surface area contributed by atoms with E-state index < -0.39 is 0 Å². The first-order valence-electron chi connectivity index (χ1n) is 7.65. The van der Waals surface area contributed by atoms with Crippen molar-refractivity contribution >= 4 is 16.8 Å². The molecule has 0 saturated carbocycles. The lowest BCUT2D eigenvalue weighted by Crippen LogP contribution is -2.44. The first-order valence-corrected chi connectivity index (χ1v) is 7.65. The number of aromatic amines is 1. The Morgan fingerprint density at radius 1 is 1.33 bits per heavy atom. The topological polar surface area (TPSA) is 56.3 Å². The maximum absolute atomic E-state index is 12.6. The van der Waals surface area contributed by atoms with Gasteiger partial charge in [0.15, 0.2) is 0 Å². The number of rotatable bonds is 3. The van der Waals surface area contributed by atoms with E-state index in [0.29, 0.717) is 5.69 Å². The molecule has 21 heavy (non-hydrogen) atoms. The van der Waals surface area contributed by atoms with Crippen molar-refractivity contribution in [2.75, 3.05) is 19.7 Å². The van der Waals surface area contributed by atoms with Crippen molar-refractivity contribution in [3.63, 3.8) is 0 Å². The molecule has 4 heteroatoms. The van der Waals surface area contributed by atoms with Gasteiger partial charge in [0, 0.05) is 30.6 Å². The van der Waals surface area contributed by atoms with Gasteiger partial charge < -0.3 is 15.0 Å². The fraction of sp³-hybridized carbons (Fsp3) is 0.471. The molecule has 2 heterocycles. The van der Waals surface area contributed by atoms with Gasteiger partial charge in [0.25, 0.3) is 5.91 Å². The van der Waals surface area contributed by atoms with Gasteiger partial charge in [-0.05, 0) is 36.8 Å². The molecule has 0 aliphatic carbocycles. The summed E-state index contributed by atoms with van der Waals surface area (Å²) in [7, 11) is 0. The van der Waals surface area contributed by atoms with Gasteiger partial charge in [-0.2, -0.15) is 0 Å². The van der Waals surface area contributed by atoms with Crippen LogP contribution in [-0.2, 0) is 0 Å². The molecule has 112 valence electrons. The van der Waals surface area contributed by atoms with Gasteiger partial charge in [-0.3, -0.25) is 4.79 Å². The molecule has 1 aromatic heterocycles. The predicted octanol–water partition coefficient (Wildman–Crippen LogP) is 2.79. The standard InChI is InChI=1S/C17H22N2O2/c1-2-17(12-20)7-9-19(10-8-17)16(21)15-11-13-5-3-4-6-14(13)18-15/h3-6,11,18,20H,2,7-10,12H2,1H3. The van der Waals surface area contributed by atoms with Crippen LogP contribution in [0.1, 0.15) is 36.7 Å². The molecule has 4 nitrogen and oxygen atoms in total. The Hall–Kier alpha value is -1.81. The number of hydrogen-bond donors (Lipinski definition) is 2. The minimum Gasteiger partial charge on any atom is -0.396 e. The average molecular weight is 286 g/mol. The first-order chi connectivity index (χ1) is 10.2. The molecule has 3 rings (SSSR count). The number of carbonyl (C=O) groups excluding carboxylic acids is 1. The zero-order valence-corrected chi connectivity index (χ0v) is 12.4.